The van der Waals surface area contributed by atoms with Gasteiger partial charge in [-0.25, -0.2) is 0 Å². The highest BCUT2D eigenvalue weighted by atomic mass is 79.9. The van der Waals surface area contributed by atoms with E-state index in [0.29, 0.717) is 10.7 Å². The van der Waals surface area contributed by atoms with Crippen LogP contribution in [0.4, 0.5) is 0 Å². The van der Waals surface area contributed by atoms with Gasteiger partial charge in [-0.05, 0) is 36.5 Å². The van der Waals surface area contributed by atoms with Gasteiger partial charge in [0, 0.05) is 23.5 Å². The molecule has 0 aliphatic carbocycles. The molecule has 1 heterocycles. The first kappa shape index (κ1) is 13.6. The third-order valence-corrected chi connectivity index (χ3v) is 4.45. The number of nitrogens with zero attached hydrogens (tertiary/aromatic N) is 1. The number of alkyl halides is 1. The van der Waals surface area contributed by atoms with Gasteiger partial charge in [-0.2, -0.15) is 0 Å². The number of hydrogen-bond acceptors (Lipinski definition) is 1. The molecule has 0 saturated carbocycles. The summed E-state index contributed by atoms with van der Waals surface area (Å²) in [7, 11) is 0. The highest BCUT2D eigenvalue weighted by Crippen LogP contribution is 2.20. The zero-order valence-corrected chi connectivity index (χ0v) is 12.6. The molecule has 3 heteroatoms. The van der Waals surface area contributed by atoms with E-state index in [9.17, 15) is 4.79 Å². The van der Waals surface area contributed by atoms with Crippen molar-refractivity contribution < 1.29 is 4.79 Å². The molecule has 98 valence electrons. The SMILES string of the molecule is CC(C)c1ccc(C(=O)N2CCC(Br)CC2)cc1. The van der Waals surface area contributed by atoms with Crippen LogP contribution in [-0.2, 0) is 0 Å². The number of halogens is 1. The number of hydrogen-bond donors (Lipinski definition) is 0. The molecule has 1 aliphatic heterocycles. The molecule has 1 fully saturated rings. The molecule has 18 heavy (non-hydrogen) atoms. The van der Waals surface area contributed by atoms with Gasteiger partial charge in [0.2, 0.25) is 0 Å². The number of amides is 1. The topological polar surface area (TPSA) is 20.3 Å². The van der Waals surface area contributed by atoms with Crippen molar-refractivity contribution in [2.75, 3.05) is 13.1 Å². The minimum Gasteiger partial charge on any atom is -0.339 e. The Kier molecular flexibility index (Phi) is 4.44. The van der Waals surface area contributed by atoms with E-state index in [4.69, 9.17) is 0 Å². The minimum absolute atomic E-state index is 0.171. The molecule has 0 spiro atoms. The Morgan fingerprint density at radius 2 is 1.78 bits per heavy atom. The average Bonchev–Trinajstić information content (AvgIpc) is 2.39. The first-order valence-electron chi connectivity index (χ1n) is 6.61. The molecule has 2 nitrogen and oxygen atoms in total. The van der Waals surface area contributed by atoms with Gasteiger partial charge in [0.25, 0.3) is 5.91 Å². The summed E-state index contributed by atoms with van der Waals surface area (Å²) in [6.45, 7) is 6.05. The van der Waals surface area contributed by atoms with Gasteiger partial charge >= 0.3 is 0 Å². The predicted molar refractivity (Wildman–Crippen MR) is 78.4 cm³/mol. The number of rotatable bonds is 2. The molecule has 0 aromatic heterocycles. The molecule has 0 unspecified atom stereocenters. The van der Waals surface area contributed by atoms with Crippen molar-refractivity contribution in [1.29, 1.82) is 0 Å². The van der Waals surface area contributed by atoms with Crippen LogP contribution in [0.1, 0.15) is 48.5 Å². The molecular formula is C15H20BrNO. The van der Waals surface area contributed by atoms with E-state index in [-0.39, 0.29) is 5.91 Å². The van der Waals surface area contributed by atoms with Crippen molar-refractivity contribution in [2.24, 2.45) is 0 Å². The molecule has 0 radical (unpaired) electrons. The van der Waals surface area contributed by atoms with Crippen molar-refractivity contribution >= 4 is 21.8 Å². The normalized spacial score (nSPS) is 17.2. The van der Waals surface area contributed by atoms with E-state index in [0.717, 1.165) is 31.5 Å². The molecule has 1 aromatic rings. The standard InChI is InChI=1S/C15H20BrNO/c1-11(2)12-3-5-13(6-4-12)15(18)17-9-7-14(16)8-10-17/h3-6,11,14H,7-10H2,1-2H3. The third-order valence-electron chi connectivity index (χ3n) is 3.54. The van der Waals surface area contributed by atoms with Crippen molar-refractivity contribution in [1.82, 2.24) is 4.90 Å². The molecule has 1 saturated heterocycles. The Balaban J connectivity index is 2.04. The largest absolute Gasteiger partial charge is 0.339 e. The third kappa shape index (κ3) is 3.14. The van der Waals surface area contributed by atoms with Crippen LogP contribution in [0.5, 0.6) is 0 Å². The fraction of sp³-hybridized carbons (Fsp3) is 0.533. The summed E-state index contributed by atoms with van der Waals surface area (Å²) in [6.07, 6.45) is 2.10. The van der Waals surface area contributed by atoms with Crippen LogP contribution in [0.3, 0.4) is 0 Å². The van der Waals surface area contributed by atoms with E-state index in [1.165, 1.54) is 5.56 Å². The summed E-state index contributed by atoms with van der Waals surface area (Å²) in [5, 5.41) is 0. The Hall–Kier alpha value is -0.830. The molecule has 0 atom stereocenters. The van der Waals surface area contributed by atoms with Gasteiger partial charge in [-0.3, -0.25) is 4.79 Å². The van der Waals surface area contributed by atoms with E-state index in [2.05, 4.69) is 41.9 Å². The quantitative estimate of drug-likeness (QED) is 0.761. The molecule has 2 rings (SSSR count). The highest BCUT2D eigenvalue weighted by Gasteiger charge is 2.21. The highest BCUT2D eigenvalue weighted by molar-refractivity contribution is 9.09. The van der Waals surface area contributed by atoms with Gasteiger partial charge in [-0.1, -0.05) is 41.9 Å². The molecular weight excluding hydrogens is 290 g/mol. The zero-order chi connectivity index (χ0) is 13.1. The van der Waals surface area contributed by atoms with E-state index in [1.807, 2.05) is 17.0 Å². The van der Waals surface area contributed by atoms with Crippen LogP contribution < -0.4 is 0 Å². The molecule has 1 amide bonds. The van der Waals surface area contributed by atoms with Gasteiger partial charge in [0.15, 0.2) is 0 Å². The number of piperidine rings is 1. The van der Waals surface area contributed by atoms with Crippen LogP contribution in [0, 0.1) is 0 Å². The van der Waals surface area contributed by atoms with Gasteiger partial charge in [0.1, 0.15) is 0 Å². The maximum absolute atomic E-state index is 12.3. The van der Waals surface area contributed by atoms with Crippen LogP contribution in [-0.4, -0.2) is 28.7 Å². The first-order valence-corrected chi connectivity index (χ1v) is 7.53. The van der Waals surface area contributed by atoms with Crippen LogP contribution in [0.15, 0.2) is 24.3 Å². The second kappa shape index (κ2) is 5.87. The van der Waals surface area contributed by atoms with Crippen molar-refractivity contribution in [3.05, 3.63) is 35.4 Å². The van der Waals surface area contributed by atoms with Crippen molar-refractivity contribution in [3.63, 3.8) is 0 Å². The number of carbonyl (C=O) groups is 1. The second-order valence-electron chi connectivity index (χ2n) is 5.24. The average molecular weight is 310 g/mol. The Morgan fingerprint density at radius 3 is 2.28 bits per heavy atom. The molecule has 0 N–H and O–H groups in total. The summed E-state index contributed by atoms with van der Waals surface area (Å²) < 4.78 is 0. The fourth-order valence-electron chi connectivity index (χ4n) is 2.24. The Labute approximate surface area is 117 Å². The van der Waals surface area contributed by atoms with Gasteiger partial charge in [-0.15, -0.1) is 0 Å². The van der Waals surface area contributed by atoms with Crippen LogP contribution >= 0.6 is 15.9 Å². The monoisotopic (exact) mass is 309 g/mol. The van der Waals surface area contributed by atoms with E-state index >= 15 is 0 Å². The smallest absolute Gasteiger partial charge is 0.253 e. The second-order valence-corrected chi connectivity index (χ2v) is 6.54. The molecule has 0 bridgehead atoms. The Morgan fingerprint density at radius 1 is 1.22 bits per heavy atom. The van der Waals surface area contributed by atoms with E-state index < -0.39 is 0 Å². The van der Waals surface area contributed by atoms with Crippen molar-refractivity contribution in [3.8, 4) is 0 Å². The van der Waals surface area contributed by atoms with Gasteiger partial charge in [0.05, 0.1) is 0 Å². The predicted octanol–water partition coefficient (Wildman–Crippen LogP) is 3.81. The summed E-state index contributed by atoms with van der Waals surface area (Å²) in [5.41, 5.74) is 2.10. The van der Waals surface area contributed by atoms with Gasteiger partial charge < -0.3 is 4.90 Å². The van der Waals surface area contributed by atoms with E-state index in [1.54, 1.807) is 0 Å². The van der Waals surface area contributed by atoms with Crippen LogP contribution in [0.25, 0.3) is 0 Å². The lowest BCUT2D eigenvalue weighted by molar-refractivity contribution is 0.0728. The van der Waals surface area contributed by atoms with Crippen molar-refractivity contribution in [2.45, 2.75) is 37.4 Å². The Bertz CT molecular complexity index is 405. The summed E-state index contributed by atoms with van der Waals surface area (Å²) in [4.78, 5) is 14.8. The molecule has 1 aliphatic rings. The number of carbonyl (C=O) groups excluding carboxylic acids is 1. The first-order chi connectivity index (χ1) is 8.58. The lowest BCUT2D eigenvalue weighted by atomic mass is 10.0. The number of benzene rings is 1. The maximum Gasteiger partial charge on any atom is 0.253 e. The van der Waals surface area contributed by atoms with Crippen LogP contribution in [0.2, 0.25) is 0 Å². The fourth-order valence-corrected chi connectivity index (χ4v) is 2.65. The zero-order valence-electron chi connectivity index (χ0n) is 11.0. The summed E-state index contributed by atoms with van der Waals surface area (Å²) in [5.74, 6) is 0.683. The number of likely N-dealkylation sites (tertiary alicyclic amines) is 1. The lowest BCUT2D eigenvalue weighted by Crippen LogP contribution is -2.38. The minimum atomic E-state index is 0.171. The molecule has 1 aromatic carbocycles. The lowest BCUT2D eigenvalue weighted by Gasteiger charge is -2.29. The summed E-state index contributed by atoms with van der Waals surface area (Å²) in [6, 6.07) is 8.04. The maximum atomic E-state index is 12.3. The summed E-state index contributed by atoms with van der Waals surface area (Å²) >= 11 is 3.61.